The third kappa shape index (κ3) is 1.71. The summed E-state index contributed by atoms with van der Waals surface area (Å²) in [5, 5.41) is 0. The highest BCUT2D eigenvalue weighted by Gasteiger charge is 2.62. The van der Waals surface area contributed by atoms with Gasteiger partial charge in [0.25, 0.3) is 5.92 Å². The number of halogens is 2. The van der Waals surface area contributed by atoms with Crippen molar-refractivity contribution in [1.29, 1.82) is 0 Å². The van der Waals surface area contributed by atoms with E-state index in [9.17, 15) is 8.78 Å². The topological polar surface area (TPSA) is 0 Å². The minimum atomic E-state index is -2.35. The van der Waals surface area contributed by atoms with Crippen LogP contribution in [0.3, 0.4) is 0 Å². The fraction of sp³-hybridized carbons (Fsp3) is 1.00. The second-order valence-electron chi connectivity index (χ2n) is 4.26. The van der Waals surface area contributed by atoms with Crippen molar-refractivity contribution in [3.05, 3.63) is 0 Å². The molecule has 0 aromatic heterocycles. The second-order valence-corrected chi connectivity index (χ2v) is 4.26. The summed E-state index contributed by atoms with van der Waals surface area (Å²) >= 11 is 0. The third-order valence-electron chi connectivity index (χ3n) is 2.66. The molecule has 0 aliphatic heterocycles. The zero-order chi connectivity index (χ0) is 8.70. The Balaban J connectivity index is 2.48. The van der Waals surface area contributed by atoms with E-state index in [-0.39, 0.29) is 17.8 Å². The molecule has 0 spiro atoms. The van der Waals surface area contributed by atoms with E-state index in [0.717, 1.165) is 12.8 Å². The zero-order valence-electron chi connectivity index (χ0n) is 7.45. The highest BCUT2D eigenvalue weighted by atomic mass is 19.3. The Labute approximate surface area is 67.0 Å². The molecule has 0 nitrogen and oxygen atoms in total. The van der Waals surface area contributed by atoms with Gasteiger partial charge in [-0.05, 0) is 11.8 Å². The molecule has 1 unspecified atom stereocenters. The van der Waals surface area contributed by atoms with Crippen LogP contribution in [0.5, 0.6) is 0 Å². The summed E-state index contributed by atoms with van der Waals surface area (Å²) in [5.41, 5.74) is -0.155. The minimum Gasteiger partial charge on any atom is -0.207 e. The molecule has 0 saturated heterocycles. The van der Waals surface area contributed by atoms with Crippen LogP contribution in [0.1, 0.15) is 40.0 Å². The van der Waals surface area contributed by atoms with E-state index in [0.29, 0.717) is 0 Å². The highest BCUT2D eigenvalue weighted by Crippen LogP contribution is 2.59. The van der Waals surface area contributed by atoms with Gasteiger partial charge in [-0.25, -0.2) is 8.78 Å². The quantitative estimate of drug-likeness (QED) is 0.596. The average Bonchev–Trinajstić information content (AvgIpc) is 2.41. The van der Waals surface area contributed by atoms with Gasteiger partial charge in [-0.1, -0.05) is 27.2 Å². The molecule has 1 atom stereocenters. The fourth-order valence-corrected chi connectivity index (χ4v) is 1.88. The summed E-state index contributed by atoms with van der Waals surface area (Å²) in [5.74, 6) is -2.70. The lowest BCUT2D eigenvalue weighted by atomic mass is 9.83. The molecular weight excluding hydrogens is 146 g/mol. The van der Waals surface area contributed by atoms with E-state index >= 15 is 0 Å². The maximum Gasteiger partial charge on any atom is 0.252 e. The molecular formula is C9H16F2. The van der Waals surface area contributed by atoms with E-state index in [1.807, 2.05) is 20.8 Å². The van der Waals surface area contributed by atoms with Gasteiger partial charge in [0.2, 0.25) is 0 Å². The van der Waals surface area contributed by atoms with Crippen molar-refractivity contribution in [3.8, 4) is 0 Å². The first-order chi connectivity index (χ1) is 4.90. The summed E-state index contributed by atoms with van der Waals surface area (Å²) in [6.45, 7) is 5.94. The molecule has 2 heteroatoms. The second kappa shape index (κ2) is 2.43. The minimum absolute atomic E-state index is 0.111. The van der Waals surface area contributed by atoms with E-state index in [1.165, 1.54) is 0 Å². The van der Waals surface area contributed by atoms with Crippen molar-refractivity contribution in [1.82, 2.24) is 0 Å². The molecule has 0 N–H and O–H groups in total. The highest BCUT2D eigenvalue weighted by molar-refractivity contribution is 5.02. The molecule has 0 bridgehead atoms. The van der Waals surface area contributed by atoms with Gasteiger partial charge in [-0.2, -0.15) is 0 Å². The van der Waals surface area contributed by atoms with Crippen molar-refractivity contribution in [2.24, 2.45) is 11.3 Å². The van der Waals surface area contributed by atoms with Crippen molar-refractivity contribution < 1.29 is 8.78 Å². The summed E-state index contributed by atoms with van der Waals surface area (Å²) < 4.78 is 25.2. The van der Waals surface area contributed by atoms with Crippen LogP contribution in [0.25, 0.3) is 0 Å². The maximum absolute atomic E-state index is 12.6. The Morgan fingerprint density at radius 3 is 2.18 bits per heavy atom. The summed E-state index contributed by atoms with van der Waals surface area (Å²) in [4.78, 5) is 0. The molecule has 1 rings (SSSR count). The Kier molecular flexibility index (Phi) is 1.97. The Morgan fingerprint density at radius 1 is 1.45 bits per heavy atom. The number of rotatable bonds is 3. The van der Waals surface area contributed by atoms with Crippen molar-refractivity contribution >= 4 is 0 Å². The van der Waals surface area contributed by atoms with E-state index in [2.05, 4.69) is 0 Å². The molecule has 11 heavy (non-hydrogen) atoms. The smallest absolute Gasteiger partial charge is 0.207 e. The van der Waals surface area contributed by atoms with Crippen LogP contribution in [0.4, 0.5) is 8.78 Å². The van der Waals surface area contributed by atoms with Crippen LogP contribution in [0, 0.1) is 11.3 Å². The summed E-state index contributed by atoms with van der Waals surface area (Å²) in [6, 6.07) is 0. The standard InChI is InChI=1S/C9H16F2/c1-4-5-8(2,3)7-6-9(7,10)11/h7H,4-6H2,1-3H3. The van der Waals surface area contributed by atoms with Crippen LogP contribution < -0.4 is 0 Å². The van der Waals surface area contributed by atoms with Gasteiger partial charge in [-0.3, -0.25) is 0 Å². The maximum atomic E-state index is 12.6. The lowest BCUT2D eigenvalue weighted by Gasteiger charge is -2.23. The van der Waals surface area contributed by atoms with Gasteiger partial charge in [0, 0.05) is 12.3 Å². The van der Waals surface area contributed by atoms with Crippen LogP contribution in [-0.2, 0) is 0 Å². The van der Waals surface area contributed by atoms with Gasteiger partial charge in [0.1, 0.15) is 0 Å². The van der Waals surface area contributed by atoms with E-state index < -0.39 is 5.92 Å². The van der Waals surface area contributed by atoms with Gasteiger partial charge in [-0.15, -0.1) is 0 Å². The number of hydrogen-bond donors (Lipinski definition) is 0. The molecule has 1 saturated carbocycles. The van der Waals surface area contributed by atoms with Gasteiger partial charge in [0.05, 0.1) is 0 Å². The Bertz CT molecular complexity index is 150. The molecule has 1 aliphatic rings. The van der Waals surface area contributed by atoms with Crippen molar-refractivity contribution in [2.45, 2.75) is 46.0 Å². The lowest BCUT2D eigenvalue weighted by molar-refractivity contribution is 0.0632. The van der Waals surface area contributed by atoms with Crippen LogP contribution in [0.15, 0.2) is 0 Å². The van der Waals surface area contributed by atoms with Crippen molar-refractivity contribution in [2.75, 3.05) is 0 Å². The fourth-order valence-electron chi connectivity index (χ4n) is 1.88. The molecule has 0 radical (unpaired) electrons. The monoisotopic (exact) mass is 162 g/mol. The molecule has 1 fully saturated rings. The van der Waals surface area contributed by atoms with Gasteiger partial charge >= 0.3 is 0 Å². The van der Waals surface area contributed by atoms with Gasteiger partial charge in [0.15, 0.2) is 0 Å². The summed E-state index contributed by atoms with van der Waals surface area (Å²) in [6.07, 6.45) is 2.02. The summed E-state index contributed by atoms with van der Waals surface area (Å²) in [7, 11) is 0. The SMILES string of the molecule is CCCC(C)(C)C1CC1(F)F. The third-order valence-corrected chi connectivity index (χ3v) is 2.66. The number of alkyl halides is 2. The zero-order valence-corrected chi connectivity index (χ0v) is 7.45. The molecule has 0 aromatic carbocycles. The largest absolute Gasteiger partial charge is 0.252 e. The van der Waals surface area contributed by atoms with Crippen LogP contribution in [0.2, 0.25) is 0 Å². The molecule has 0 heterocycles. The molecule has 0 aromatic rings. The molecule has 66 valence electrons. The average molecular weight is 162 g/mol. The Morgan fingerprint density at radius 2 is 1.91 bits per heavy atom. The first kappa shape index (κ1) is 8.95. The molecule has 1 aliphatic carbocycles. The van der Waals surface area contributed by atoms with Crippen LogP contribution in [-0.4, -0.2) is 5.92 Å². The lowest BCUT2D eigenvalue weighted by Crippen LogP contribution is -2.17. The van der Waals surface area contributed by atoms with Gasteiger partial charge < -0.3 is 0 Å². The van der Waals surface area contributed by atoms with Crippen molar-refractivity contribution in [3.63, 3.8) is 0 Å². The van der Waals surface area contributed by atoms with E-state index in [1.54, 1.807) is 0 Å². The van der Waals surface area contributed by atoms with E-state index in [4.69, 9.17) is 0 Å². The first-order valence-corrected chi connectivity index (χ1v) is 4.28. The first-order valence-electron chi connectivity index (χ1n) is 4.28. The Hall–Kier alpha value is -0.140. The normalized spacial score (nSPS) is 28.6. The molecule has 0 amide bonds. The van der Waals surface area contributed by atoms with Crippen LogP contribution >= 0.6 is 0 Å². The number of hydrogen-bond acceptors (Lipinski definition) is 0. The predicted octanol–water partition coefficient (Wildman–Crippen LogP) is 3.47. The predicted molar refractivity (Wildman–Crippen MR) is 41.7 cm³/mol.